The zero-order chi connectivity index (χ0) is 13.8. The van der Waals surface area contributed by atoms with Gasteiger partial charge in [-0.25, -0.2) is 0 Å². The standard InChI is InChI=1S/C16H25ClN2/c1-3-15(18)10-13-4-5-14(17)11-16(13)19-8-6-12(2)7-9-19/h4-5,11-12,15H,3,6-10,18H2,1-2H3. The number of halogens is 1. The van der Waals surface area contributed by atoms with Gasteiger partial charge in [0.2, 0.25) is 0 Å². The number of rotatable bonds is 4. The van der Waals surface area contributed by atoms with E-state index in [1.807, 2.05) is 6.07 Å². The summed E-state index contributed by atoms with van der Waals surface area (Å²) < 4.78 is 0. The molecule has 0 amide bonds. The summed E-state index contributed by atoms with van der Waals surface area (Å²) in [5.41, 5.74) is 8.75. The van der Waals surface area contributed by atoms with Crippen molar-refractivity contribution in [3.8, 4) is 0 Å². The predicted octanol–water partition coefficient (Wildman–Crippen LogP) is 3.86. The second-order valence-corrected chi connectivity index (χ2v) is 6.25. The molecule has 2 nitrogen and oxygen atoms in total. The van der Waals surface area contributed by atoms with Crippen molar-refractivity contribution in [2.75, 3.05) is 18.0 Å². The molecule has 1 aliphatic rings. The molecule has 0 bridgehead atoms. The van der Waals surface area contributed by atoms with Gasteiger partial charge in [0.15, 0.2) is 0 Å². The smallest absolute Gasteiger partial charge is 0.0426 e. The van der Waals surface area contributed by atoms with E-state index in [0.717, 1.165) is 36.9 Å². The van der Waals surface area contributed by atoms with Gasteiger partial charge in [-0.3, -0.25) is 0 Å². The lowest BCUT2D eigenvalue weighted by molar-refractivity contribution is 0.437. The first-order valence-corrected chi connectivity index (χ1v) is 7.77. The molecule has 1 aliphatic heterocycles. The molecule has 0 saturated carbocycles. The van der Waals surface area contributed by atoms with E-state index >= 15 is 0 Å². The number of hydrogen-bond acceptors (Lipinski definition) is 2. The van der Waals surface area contributed by atoms with Crippen molar-refractivity contribution < 1.29 is 0 Å². The maximum atomic E-state index is 6.18. The van der Waals surface area contributed by atoms with Crippen LogP contribution in [0.4, 0.5) is 5.69 Å². The number of nitrogens with two attached hydrogens (primary N) is 1. The third-order valence-corrected chi connectivity index (χ3v) is 4.41. The largest absolute Gasteiger partial charge is 0.371 e. The van der Waals surface area contributed by atoms with Crippen molar-refractivity contribution in [2.24, 2.45) is 11.7 Å². The van der Waals surface area contributed by atoms with E-state index in [0.29, 0.717) is 0 Å². The van der Waals surface area contributed by atoms with Crippen molar-refractivity contribution >= 4 is 17.3 Å². The fourth-order valence-corrected chi connectivity index (χ4v) is 2.85. The van der Waals surface area contributed by atoms with Gasteiger partial charge in [-0.05, 0) is 49.3 Å². The third kappa shape index (κ3) is 3.87. The van der Waals surface area contributed by atoms with Crippen LogP contribution in [-0.2, 0) is 6.42 Å². The molecule has 2 N–H and O–H groups in total. The minimum atomic E-state index is 0.239. The van der Waals surface area contributed by atoms with E-state index in [9.17, 15) is 0 Å². The van der Waals surface area contributed by atoms with Crippen molar-refractivity contribution in [1.82, 2.24) is 0 Å². The fourth-order valence-electron chi connectivity index (χ4n) is 2.68. The normalized spacial score (nSPS) is 18.6. The molecule has 0 aliphatic carbocycles. The first kappa shape index (κ1) is 14.7. The highest BCUT2D eigenvalue weighted by Gasteiger charge is 2.19. The van der Waals surface area contributed by atoms with Crippen molar-refractivity contribution in [2.45, 2.75) is 45.6 Å². The lowest BCUT2D eigenvalue weighted by Crippen LogP contribution is -2.34. The zero-order valence-corrected chi connectivity index (χ0v) is 12.8. The molecule has 19 heavy (non-hydrogen) atoms. The van der Waals surface area contributed by atoms with Crippen LogP contribution < -0.4 is 10.6 Å². The molecule has 3 heteroatoms. The van der Waals surface area contributed by atoms with E-state index in [1.54, 1.807) is 0 Å². The van der Waals surface area contributed by atoms with Gasteiger partial charge in [0, 0.05) is 29.8 Å². The molecule has 106 valence electrons. The van der Waals surface area contributed by atoms with Gasteiger partial charge in [0.05, 0.1) is 0 Å². The van der Waals surface area contributed by atoms with Gasteiger partial charge in [-0.1, -0.05) is 31.5 Å². The Morgan fingerprint density at radius 1 is 1.37 bits per heavy atom. The Hall–Kier alpha value is -0.730. The highest BCUT2D eigenvalue weighted by Crippen LogP contribution is 2.29. The monoisotopic (exact) mass is 280 g/mol. The minimum absolute atomic E-state index is 0.239. The highest BCUT2D eigenvalue weighted by molar-refractivity contribution is 6.30. The van der Waals surface area contributed by atoms with E-state index in [-0.39, 0.29) is 6.04 Å². The molecule has 1 aromatic rings. The van der Waals surface area contributed by atoms with Crippen LogP contribution in [0, 0.1) is 5.92 Å². The van der Waals surface area contributed by atoms with Crippen LogP contribution >= 0.6 is 11.6 Å². The molecule has 0 radical (unpaired) electrons. The molecule has 0 aromatic heterocycles. The Bertz CT molecular complexity index is 411. The number of nitrogens with zero attached hydrogens (tertiary/aromatic N) is 1. The van der Waals surface area contributed by atoms with Gasteiger partial charge in [0.1, 0.15) is 0 Å². The van der Waals surface area contributed by atoms with Crippen LogP contribution in [0.3, 0.4) is 0 Å². The molecule has 1 aromatic carbocycles. The second-order valence-electron chi connectivity index (χ2n) is 5.82. The molecule has 1 heterocycles. The summed E-state index contributed by atoms with van der Waals surface area (Å²) in [5, 5.41) is 0.822. The Morgan fingerprint density at radius 3 is 2.68 bits per heavy atom. The van der Waals surface area contributed by atoms with E-state index in [1.165, 1.54) is 24.1 Å². The molecule has 1 saturated heterocycles. The Balaban J connectivity index is 2.19. The van der Waals surface area contributed by atoms with Crippen LogP contribution in [0.25, 0.3) is 0 Å². The average Bonchev–Trinajstić information content (AvgIpc) is 2.41. The topological polar surface area (TPSA) is 29.3 Å². The van der Waals surface area contributed by atoms with Crippen molar-refractivity contribution in [3.63, 3.8) is 0 Å². The zero-order valence-electron chi connectivity index (χ0n) is 12.0. The van der Waals surface area contributed by atoms with E-state index in [2.05, 4.69) is 30.9 Å². The number of benzene rings is 1. The second kappa shape index (κ2) is 6.62. The van der Waals surface area contributed by atoms with Gasteiger partial charge in [-0.15, -0.1) is 0 Å². The van der Waals surface area contributed by atoms with E-state index < -0.39 is 0 Å². The highest BCUT2D eigenvalue weighted by atomic mass is 35.5. The summed E-state index contributed by atoms with van der Waals surface area (Å²) in [6.07, 6.45) is 4.49. The molecular formula is C16H25ClN2. The van der Waals surface area contributed by atoms with Crippen molar-refractivity contribution in [1.29, 1.82) is 0 Å². The predicted molar refractivity (Wildman–Crippen MR) is 84.0 cm³/mol. The lowest BCUT2D eigenvalue weighted by atomic mass is 9.96. The first-order valence-electron chi connectivity index (χ1n) is 7.39. The van der Waals surface area contributed by atoms with Crippen LogP contribution in [0.1, 0.15) is 38.7 Å². The molecule has 1 fully saturated rings. The molecule has 0 spiro atoms. The SMILES string of the molecule is CCC(N)Cc1ccc(Cl)cc1N1CCC(C)CC1. The van der Waals surface area contributed by atoms with Crippen LogP contribution in [0.2, 0.25) is 5.02 Å². The number of piperidine rings is 1. The Kier molecular flexibility index (Phi) is 5.12. The van der Waals surface area contributed by atoms with Crippen LogP contribution in [0.5, 0.6) is 0 Å². The molecule has 1 atom stereocenters. The summed E-state index contributed by atoms with van der Waals surface area (Å²) in [6, 6.07) is 6.47. The summed E-state index contributed by atoms with van der Waals surface area (Å²) in [4.78, 5) is 2.48. The Morgan fingerprint density at radius 2 is 2.05 bits per heavy atom. The van der Waals surface area contributed by atoms with Gasteiger partial charge < -0.3 is 10.6 Å². The Labute approximate surface area is 121 Å². The van der Waals surface area contributed by atoms with Crippen molar-refractivity contribution in [3.05, 3.63) is 28.8 Å². The molecule has 1 unspecified atom stereocenters. The van der Waals surface area contributed by atoms with Gasteiger partial charge in [-0.2, -0.15) is 0 Å². The number of hydrogen-bond donors (Lipinski definition) is 1. The summed E-state index contributed by atoms with van der Waals surface area (Å²) in [5.74, 6) is 0.844. The first-order chi connectivity index (χ1) is 9.10. The van der Waals surface area contributed by atoms with Crippen LogP contribution in [-0.4, -0.2) is 19.1 Å². The van der Waals surface area contributed by atoms with E-state index in [4.69, 9.17) is 17.3 Å². The molecular weight excluding hydrogens is 256 g/mol. The van der Waals surface area contributed by atoms with Gasteiger partial charge >= 0.3 is 0 Å². The minimum Gasteiger partial charge on any atom is -0.371 e. The quantitative estimate of drug-likeness (QED) is 0.907. The van der Waals surface area contributed by atoms with Gasteiger partial charge in [0.25, 0.3) is 0 Å². The maximum absolute atomic E-state index is 6.18. The van der Waals surface area contributed by atoms with Crippen LogP contribution in [0.15, 0.2) is 18.2 Å². The average molecular weight is 281 g/mol. The molecule has 2 rings (SSSR count). The third-order valence-electron chi connectivity index (χ3n) is 4.18. The summed E-state index contributed by atoms with van der Waals surface area (Å²) >= 11 is 6.18. The fraction of sp³-hybridized carbons (Fsp3) is 0.625. The summed E-state index contributed by atoms with van der Waals surface area (Å²) in [6.45, 7) is 6.75. The lowest BCUT2D eigenvalue weighted by Gasteiger charge is -2.34. The number of anilines is 1. The summed E-state index contributed by atoms with van der Waals surface area (Å²) in [7, 11) is 0. The maximum Gasteiger partial charge on any atom is 0.0426 e.